The minimum atomic E-state index is 0.0882. The Balaban J connectivity index is 1.52. The SMILES string of the molecule is Cc1nc(C2CCN(C(=O)c3ccccc3)CC2)nc2c1CCC(=O)N2CC(C)C. The Labute approximate surface area is 178 Å². The summed E-state index contributed by atoms with van der Waals surface area (Å²) >= 11 is 0. The van der Waals surface area contributed by atoms with Crippen LogP contribution in [0.25, 0.3) is 0 Å². The third kappa shape index (κ3) is 4.09. The summed E-state index contributed by atoms with van der Waals surface area (Å²) in [6.07, 6.45) is 2.94. The Morgan fingerprint density at radius 1 is 1.10 bits per heavy atom. The number of hydrogen-bond donors (Lipinski definition) is 0. The van der Waals surface area contributed by atoms with Crippen LogP contribution in [-0.4, -0.2) is 46.3 Å². The molecule has 1 fully saturated rings. The summed E-state index contributed by atoms with van der Waals surface area (Å²) in [5, 5.41) is 0. The zero-order valence-corrected chi connectivity index (χ0v) is 18.1. The molecule has 6 heteroatoms. The van der Waals surface area contributed by atoms with Gasteiger partial charge in [0.15, 0.2) is 0 Å². The van der Waals surface area contributed by atoms with Gasteiger partial charge in [-0.1, -0.05) is 32.0 Å². The van der Waals surface area contributed by atoms with Crippen LogP contribution in [-0.2, 0) is 11.2 Å². The van der Waals surface area contributed by atoms with Gasteiger partial charge in [0.25, 0.3) is 5.91 Å². The van der Waals surface area contributed by atoms with Gasteiger partial charge in [0.2, 0.25) is 5.91 Å². The van der Waals surface area contributed by atoms with E-state index in [9.17, 15) is 9.59 Å². The summed E-state index contributed by atoms with van der Waals surface area (Å²) in [7, 11) is 0. The highest BCUT2D eigenvalue weighted by molar-refractivity contribution is 5.95. The molecule has 6 nitrogen and oxygen atoms in total. The zero-order valence-electron chi connectivity index (χ0n) is 18.1. The first-order valence-electron chi connectivity index (χ1n) is 11.0. The molecule has 1 aromatic heterocycles. The van der Waals surface area contributed by atoms with Crippen LogP contribution in [0.2, 0.25) is 0 Å². The predicted octanol–water partition coefficient (Wildman–Crippen LogP) is 3.74. The molecule has 0 saturated carbocycles. The standard InChI is InChI=1S/C24H30N4O2/c1-16(2)15-28-21(29)10-9-20-17(3)25-22(26-23(20)28)18-11-13-27(14-12-18)24(30)19-7-5-4-6-8-19/h4-8,16,18H,9-15H2,1-3H3. The normalized spacial score (nSPS) is 17.4. The van der Waals surface area contributed by atoms with E-state index in [2.05, 4.69) is 13.8 Å². The van der Waals surface area contributed by atoms with Gasteiger partial charge in [-0.3, -0.25) is 14.5 Å². The lowest BCUT2D eigenvalue weighted by Crippen LogP contribution is -2.40. The summed E-state index contributed by atoms with van der Waals surface area (Å²) in [4.78, 5) is 38.8. The second-order valence-corrected chi connectivity index (χ2v) is 8.80. The van der Waals surface area contributed by atoms with Gasteiger partial charge in [0.05, 0.1) is 0 Å². The van der Waals surface area contributed by atoms with Gasteiger partial charge in [-0.25, -0.2) is 9.97 Å². The van der Waals surface area contributed by atoms with E-state index in [0.29, 0.717) is 32.0 Å². The molecule has 0 radical (unpaired) electrons. The van der Waals surface area contributed by atoms with E-state index in [-0.39, 0.29) is 17.7 Å². The molecule has 1 aromatic carbocycles. The summed E-state index contributed by atoms with van der Waals surface area (Å²) in [6.45, 7) is 8.36. The minimum absolute atomic E-state index is 0.0882. The number of piperidine rings is 1. The number of hydrogen-bond acceptors (Lipinski definition) is 4. The molecule has 30 heavy (non-hydrogen) atoms. The fourth-order valence-electron chi connectivity index (χ4n) is 4.44. The van der Waals surface area contributed by atoms with E-state index < -0.39 is 0 Å². The number of anilines is 1. The van der Waals surface area contributed by atoms with Gasteiger partial charge in [0, 0.05) is 48.8 Å². The lowest BCUT2D eigenvalue weighted by atomic mass is 9.94. The van der Waals surface area contributed by atoms with E-state index in [0.717, 1.165) is 47.7 Å². The van der Waals surface area contributed by atoms with Crippen LogP contribution in [0.4, 0.5) is 5.82 Å². The maximum absolute atomic E-state index is 12.7. The van der Waals surface area contributed by atoms with Crippen molar-refractivity contribution in [3.8, 4) is 0 Å². The van der Waals surface area contributed by atoms with Crippen LogP contribution >= 0.6 is 0 Å². The first-order chi connectivity index (χ1) is 14.4. The average Bonchev–Trinajstić information content (AvgIpc) is 2.75. The number of likely N-dealkylation sites (tertiary alicyclic amines) is 1. The molecule has 0 atom stereocenters. The van der Waals surface area contributed by atoms with Gasteiger partial charge >= 0.3 is 0 Å². The molecule has 1 saturated heterocycles. The van der Waals surface area contributed by atoms with Crippen LogP contribution in [0.5, 0.6) is 0 Å². The predicted molar refractivity (Wildman–Crippen MR) is 117 cm³/mol. The molecule has 2 aromatic rings. The molecule has 158 valence electrons. The van der Waals surface area contributed by atoms with Gasteiger partial charge in [-0.15, -0.1) is 0 Å². The number of carbonyl (C=O) groups is 2. The Hall–Kier alpha value is -2.76. The van der Waals surface area contributed by atoms with Crippen molar-refractivity contribution >= 4 is 17.6 Å². The number of aromatic nitrogens is 2. The van der Waals surface area contributed by atoms with Gasteiger partial charge in [-0.2, -0.15) is 0 Å². The Morgan fingerprint density at radius 2 is 1.80 bits per heavy atom. The van der Waals surface area contributed by atoms with Crippen molar-refractivity contribution in [3.63, 3.8) is 0 Å². The van der Waals surface area contributed by atoms with Crippen LogP contribution in [0, 0.1) is 12.8 Å². The van der Waals surface area contributed by atoms with Gasteiger partial charge in [-0.05, 0) is 44.2 Å². The van der Waals surface area contributed by atoms with E-state index in [1.807, 2.05) is 47.1 Å². The summed E-state index contributed by atoms with van der Waals surface area (Å²) in [5.74, 6) is 2.47. The van der Waals surface area contributed by atoms with Crippen molar-refractivity contribution in [3.05, 3.63) is 53.0 Å². The minimum Gasteiger partial charge on any atom is -0.339 e. The van der Waals surface area contributed by atoms with Gasteiger partial charge in [0.1, 0.15) is 11.6 Å². The molecule has 4 rings (SSSR count). The fourth-order valence-corrected chi connectivity index (χ4v) is 4.44. The summed E-state index contributed by atoms with van der Waals surface area (Å²) in [6, 6.07) is 9.45. The van der Waals surface area contributed by atoms with E-state index in [1.165, 1.54) is 0 Å². The van der Waals surface area contributed by atoms with Crippen LogP contribution < -0.4 is 4.90 Å². The molecule has 2 aliphatic heterocycles. The number of fused-ring (bicyclic) bond motifs is 1. The third-order valence-corrected chi connectivity index (χ3v) is 6.07. The van der Waals surface area contributed by atoms with Crippen molar-refractivity contribution in [2.45, 2.75) is 52.4 Å². The largest absolute Gasteiger partial charge is 0.339 e. The zero-order chi connectivity index (χ0) is 21.3. The highest BCUT2D eigenvalue weighted by Gasteiger charge is 2.31. The molecule has 0 spiro atoms. The third-order valence-electron chi connectivity index (χ3n) is 6.07. The second-order valence-electron chi connectivity index (χ2n) is 8.80. The number of carbonyl (C=O) groups excluding carboxylic acids is 2. The molecule has 0 aliphatic carbocycles. The molecular formula is C24H30N4O2. The van der Waals surface area contributed by atoms with Crippen LogP contribution in [0.1, 0.15) is 66.5 Å². The summed E-state index contributed by atoms with van der Waals surface area (Å²) < 4.78 is 0. The Morgan fingerprint density at radius 3 is 2.47 bits per heavy atom. The number of aryl methyl sites for hydroxylation is 1. The maximum Gasteiger partial charge on any atom is 0.253 e. The molecule has 2 amide bonds. The van der Waals surface area contributed by atoms with E-state index in [4.69, 9.17) is 9.97 Å². The Kier molecular flexibility index (Phi) is 5.84. The summed E-state index contributed by atoms with van der Waals surface area (Å²) in [5.41, 5.74) is 2.83. The topological polar surface area (TPSA) is 66.4 Å². The molecular weight excluding hydrogens is 376 g/mol. The van der Waals surface area contributed by atoms with Crippen molar-refractivity contribution in [1.82, 2.24) is 14.9 Å². The monoisotopic (exact) mass is 406 g/mol. The van der Waals surface area contributed by atoms with Crippen LogP contribution in [0.15, 0.2) is 30.3 Å². The van der Waals surface area contributed by atoms with Crippen molar-refractivity contribution in [1.29, 1.82) is 0 Å². The smallest absolute Gasteiger partial charge is 0.253 e. The number of benzene rings is 1. The lowest BCUT2D eigenvalue weighted by Gasteiger charge is -2.34. The number of amides is 2. The quantitative estimate of drug-likeness (QED) is 0.776. The molecule has 0 N–H and O–H groups in total. The molecule has 0 unspecified atom stereocenters. The number of rotatable bonds is 4. The van der Waals surface area contributed by atoms with Crippen molar-refractivity contribution < 1.29 is 9.59 Å². The van der Waals surface area contributed by atoms with Gasteiger partial charge < -0.3 is 4.90 Å². The highest BCUT2D eigenvalue weighted by atomic mass is 16.2. The average molecular weight is 407 g/mol. The molecule has 2 aliphatic rings. The first-order valence-corrected chi connectivity index (χ1v) is 11.0. The van der Waals surface area contributed by atoms with Crippen molar-refractivity contribution in [2.24, 2.45) is 5.92 Å². The van der Waals surface area contributed by atoms with E-state index in [1.54, 1.807) is 0 Å². The number of nitrogens with zero attached hydrogens (tertiary/aromatic N) is 4. The first kappa shape index (κ1) is 20.5. The lowest BCUT2D eigenvalue weighted by molar-refractivity contribution is -0.119. The van der Waals surface area contributed by atoms with Crippen molar-refractivity contribution in [2.75, 3.05) is 24.5 Å². The van der Waals surface area contributed by atoms with E-state index >= 15 is 0 Å². The Bertz CT molecular complexity index is 934. The highest BCUT2D eigenvalue weighted by Crippen LogP contribution is 2.33. The fraction of sp³-hybridized carbons (Fsp3) is 0.500. The maximum atomic E-state index is 12.7. The second kappa shape index (κ2) is 8.54. The molecule has 0 bridgehead atoms. The van der Waals surface area contributed by atoms with Crippen LogP contribution in [0.3, 0.4) is 0 Å². The molecule has 3 heterocycles.